The Morgan fingerprint density at radius 3 is 2.05 bits per heavy atom. The molecule has 0 bridgehead atoms. The van der Waals surface area contributed by atoms with Crippen LogP contribution in [0.25, 0.3) is 0 Å². The number of thioether (sulfide) groups is 1. The number of rotatable bonds is 36. The highest BCUT2D eigenvalue weighted by Crippen LogP contribution is 2.37. The van der Waals surface area contributed by atoms with Crippen molar-refractivity contribution >= 4 is 70.3 Å². The topological polar surface area (TPSA) is 254 Å². The van der Waals surface area contributed by atoms with Gasteiger partial charge in [0.25, 0.3) is 0 Å². The number of nitrogens with zero attached hydrogens (tertiary/aromatic N) is 2. The van der Waals surface area contributed by atoms with Gasteiger partial charge < -0.3 is 66.2 Å². The van der Waals surface area contributed by atoms with Gasteiger partial charge in [0, 0.05) is 92.4 Å². The van der Waals surface area contributed by atoms with Gasteiger partial charge in [0.2, 0.25) is 29.6 Å². The van der Waals surface area contributed by atoms with E-state index in [9.17, 15) is 41.5 Å². The Balaban J connectivity index is 0.791. The molecule has 1 aromatic heterocycles. The average molecular weight is 1080 g/mol. The first-order valence-corrected chi connectivity index (χ1v) is 26.0. The van der Waals surface area contributed by atoms with Crippen molar-refractivity contribution in [3.05, 3.63) is 72.7 Å². The summed E-state index contributed by atoms with van der Waals surface area (Å²) in [6.07, 6.45) is 1.13. The second kappa shape index (κ2) is 32.2. The van der Waals surface area contributed by atoms with Crippen molar-refractivity contribution < 1.29 is 65.2 Å². The number of carbonyl (C=O) groups excluding carboxylic acids is 5. The van der Waals surface area contributed by atoms with Crippen molar-refractivity contribution in [2.24, 2.45) is 5.92 Å². The van der Waals surface area contributed by atoms with Crippen LogP contribution in [-0.2, 0) is 44.3 Å². The molecule has 0 radical (unpaired) electrons. The third-order valence-corrected chi connectivity index (χ3v) is 13.2. The number of alkyl halides is 3. The maximum Gasteiger partial charge on any atom is 0.421 e. The number of hydrogen-bond donors (Lipinski definition) is 8. The smallest absolute Gasteiger partial charge is 0.421 e. The van der Waals surface area contributed by atoms with Crippen LogP contribution in [0.1, 0.15) is 63.9 Å². The molecular weight excluding hydrogens is 1010 g/mol. The van der Waals surface area contributed by atoms with E-state index in [1.807, 2.05) is 11.8 Å². The van der Waals surface area contributed by atoms with Crippen molar-refractivity contribution in [1.82, 2.24) is 36.6 Å². The summed E-state index contributed by atoms with van der Waals surface area (Å²) in [7, 11) is 0. The largest absolute Gasteiger partial charge is 0.488 e. The standard InChI is InChI=1S/C50H68F4N10O10S/c1-3-41(65)59-34-10-5-11-35(29-34)60-47-37(50(52,53)54)31-58-48(64-47)61-36-15-16-40(38(51)30-36)74-28-27-72-22-19-57-44(68)14-6-13-43(67)56-18-8-21-71-24-26-73-25-23-70-20-7-17-55-42(66)12-4-9-33(2)46-45-39(32-75-46)62-49(69)63-45/h3,5,10-11,15-16,29-31,33,39,45-46H,1,4,6-9,12-14,17-28,32H2,2H3,(H,55,66)(H,56,67)(H,57,68)(H,59,65)(H2,62,63,69)(H2,58,60,61,64)/t33-,39+,45+,46+/m1/s1. The summed E-state index contributed by atoms with van der Waals surface area (Å²) in [5.74, 6) is -1.23. The van der Waals surface area contributed by atoms with E-state index < -0.39 is 29.3 Å². The van der Waals surface area contributed by atoms with Gasteiger partial charge in [-0.2, -0.15) is 29.9 Å². The van der Waals surface area contributed by atoms with Gasteiger partial charge in [-0.05, 0) is 74.4 Å². The van der Waals surface area contributed by atoms with Gasteiger partial charge in [-0.1, -0.05) is 19.6 Å². The SMILES string of the molecule is C=CC(=O)Nc1cccc(Nc2nc(Nc3ccc(OCCOCCNC(=O)CCCC(=O)NCCCOCCOCCOCCCNC(=O)CCC[C@@H](C)[C@@H]4SC[C@@H]5NC(=O)N[C@H]45)c(F)c3)ncc2C(F)(F)F)c1. The molecule has 0 spiro atoms. The Kier molecular flexibility index (Phi) is 25.6. The second-order valence-electron chi connectivity index (χ2n) is 17.4. The van der Waals surface area contributed by atoms with Crippen LogP contribution in [0.3, 0.4) is 0 Å². The summed E-state index contributed by atoms with van der Waals surface area (Å²) in [6.45, 7) is 9.67. The first kappa shape index (κ1) is 59.6. The third-order valence-electron chi connectivity index (χ3n) is 11.5. The lowest BCUT2D eigenvalue weighted by Crippen LogP contribution is -2.39. The molecule has 2 aromatic carbocycles. The maximum atomic E-state index is 14.9. The fourth-order valence-electron chi connectivity index (χ4n) is 7.76. The quantitative estimate of drug-likeness (QED) is 0.0145. The molecule has 4 atom stereocenters. The van der Waals surface area contributed by atoms with Gasteiger partial charge in [-0.25, -0.2) is 14.2 Å². The summed E-state index contributed by atoms with van der Waals surface area (Å²) in [5.41, 5.74) is -0.525. The zero-order chi connectivity index (χ0) is 53.8. The molecule has 2 saturated heterocycles. The number of carbonyl (C=O) groups is 5. The van der Waals surface area contributed by atoms with E-state index in [-0.39, 0.29) is 98.1 Å². The van der Waals surface area contributed by atoms with Crippen LogP contribution in [0.2, 0.25) is 0 Å². The van der Waals surface area contributed by atoms with Gasteiger partial charge in [0.15, 0.2) is 11.6 Å². The molecule has 3 heterocycles. The Morgan fingerprint density at radius 2 is 1.39 bits per heavy atom. The Morgan fingerprint density at radius 1 is 0.773 bits per heavy atom. The molecule has 25 heteroatoms. The number of hydrogen-bond acceptors (Lipinski definition) is 15. The second-order valence-corrected chi connectivity index (χ2v) is 18.7. The van der Waals surface area contributed by atoms with Crippen molar-refractivity contribution in [2.45, 2.75) is 81.8 Å². The number of anilines is 5. The zero-order valence-electron chi connectivity index (χ0n) is 42.0. The molecule has 20 nitrogen and oxygen atoms in total. The lowest BCUT2D eigenvalue weighted by atomic mass is 9.93. The van der Waals surface area contributed by atoms with Crippen molar-refractivity contribution in [2.75, 3.05) is 101 Å². The molecular formula is C50H68F4N10O10S. The molecule has 412 valence electrons. The van der Waals surface area contributed by atoms with E-state index >= 15 is 0 Å². The lowest BCUT2D eigenvalue weighted by molar-refractivity contribution is -0.137. The van der Waals surface area contributed by atoms with Gasteiger partial charge in [0.1, 0.15) is 18.0 Å². The molecule has 8 N–H and O–H groups in total. The molecule has 6 amide bonds. The van der Waals surface area contributed by atoms with Crippen molar-refractivity contribution in [3.63, 3.8) is 0 Å². The Bertz CT molecular complexity index is 2320. The van der Waals surface area contributed by atoms with Crippen molar-refractivity contribution in [1.29, 1.82) is 0 Å². The fourth-order valence-corrected chi connectivity index (χ4v) is 9.41. The normalized spacial score (nSPS) is 16.2. The molecule has 2 fully saturated rings. The Labute approximate surface area is 437 Å². The zero-order valence-corrected chi connectivity index (χ0v) is 42.8. The predicted molar refractivity (Wildman–Crippen MR) is 275 cm³/mol. The molecule has 2 aliphatic heterocycles. The summed E-state index contributed by atoms with van der Waals surface area (Å²) in [5, 5.41) is 22.6. The number of fused-ring (bicyclic) bond motifs is 1. The van der Waals surface area contributed by atoms with Crippen LogP contribution in [0, 0.1) is 11.7 Å². The van der Waals surface area contributed by atoms with Crippen LogP contribution < -0.4 is 47.3 Å². The lowest BCUT2D eigenvalue weighted by Gasteiger charge is -2.23. The molecule has 0 saturated carbocycles. The average Bonchev–Trinajstić information content (AvgIpc) is 3.94. The summed E-state index contributed by atoms with van der Waals surface area (Å²) < 4.78 is 83.9. The highest BCUT2D eigenvalue weighted by atomic mass is 32.2. The first-order chi connectivity index (χ1) is 36.2. The molecule has 3 aromatic rings. The molecule has 0 aliphatic carbocycles. The minimum atomic E-state index is -4.80. The number of amides is 6. The van der Waals surface area contributed by atoms with Crippen LogP contribution in [0.4, 0.5) is 51.2 Å². The van der Waals surface area contributed by atoms with E-state index in [1.165, 1.54) is 30.3 Å². The Hall–Kier alpha value is -6.28. The minimum absolute atomic E-state index is 0.0163. The summed E-state index contributed by atoms with van der Waals surface area (Å²) in [4.78, 5) is 67.6. The van der Waals surface area contributed by atoms with Crippen LogP contribution in [0.15, 0.2) is 61.3 Å². The van der Waals surface area contributed by atoms with E-state index in [0.29, 0.717) is 101 Å². The fraction of sp³-hybridized carbons (Fsp3) is 0.540. The number of ether oxygens (including phenoxy) is 5. The maximum absolute atomic E-state index is 14.9. The number of halogens is 4. The highest BCUT2D eigenvalue weighted by molar-refractivity contribution is 8.00. The van der Waals surface area contributed by atoms with Gasteiger partial charge in [-0.3, -0.25) is 19.2 Å². The molecule has 2 aliphatic rings. The highest BCUT2D eigenvalue weighted by Gasteiger charge is 2.45. The molecule has 0 unspecified atom stereocenters. The number of urea groups is 1. The molecule has 5 rings (SSSR count). The monoisotopic (exact) mass is 1080 g/mol. The van der Waals surface area contributed by atoms with E-state index in [0.717, 1.165) is 30.7 Å². The number of aromatic nitrogens is 2. The predicted octanol–water partition coefficient (Wildman–Crippen LogP) is 5.96. The van der Waals surface area contributed by atoms with Gasteiger partial charge >= 0.3 is 12.2 Å². The number of benzene rings is 2. The van der Waals surface area contributed by atoms with E-state index in [2.05, 4.69) is 66.0 Å². The van der Waals surface area contributed by atoms with Gasteiger partial charge in [0.05, 0.1) is 51.7 Å². The van der Waals surface area contributed by atoms with E-state index in [1.54, 1.807) is 6.07 Å². The summed E-state index contributed by atoms with van der Waals surface area (Å²) >= 11 is 1.89. The van der Waals surface area contributed by atoms with Crippen molar-refractivity contribution in [3.8, 4) is 5.75 Å². The summed E-state index contributed by atoms with van der Waals surface area (Å²) in [6, 6.07) is 10.1. The third kappa shape index (κ3) is 22.2. The minimum Gasteiger partial charge on any atom is -0.488 e. The molecule has 75 heavy (non-hydrogen) atoms. The van der Waals surface area contributed by atoms with Crippen LogP contribution >= 0.6 is 11.8 Å². The van der Waals surface area contributed by atoms with Gasteiger partial charge in [-0.15, -0.1) is 0 Å². The first-order valence-electron chi connectivity index (χ1n) is 24.9. The van der Waals surface area contributed by atoms with Crippen LogP contribution in [0.5, 0.6) is 5.75 Å². The van der Waals surface area contributed by atoms with Crippen LogP contribution in [-0.4, -0.2) is 142 Å². The number of nitrogens with one attached hydrogen (secondary N) is 8. The van der Waals surface area contributed by atoms with E-state index in [4.69, 9.17) is 23.7 Å².